The van der Waals surface area contributed by atoms with Gasteiger partial charge in [0.1, 0.15) is 5.69 Å². The maximum absolute atomic E-state index is 16.2. The molecule has 0 unspecified atom stereocenters. The van der Waals surface area contributed by atoms with Gasteiger partial charge in [-0.15, -0.1) is 0 Å². The number of hydrogen-bond donors (Lipinski definition) is 0. The maximum Gasteiger partial charge on any atom is 0.294 e. The van der Waals surface area contributed by atoms with E-state index in [2.05, 4.69) is 15.9 Å². The summed E-state index contributed by atoms with van der Waals surface area (Å²) >= 11 is 3.29. The number of nitrogens with zero attached hydrogens (tertiary/aromatic N) is 2. The summed E-state index contributed by atoms with van der Waals surface area (Å²) in [7, 11) is 0. The number of carbonyl (C=O) groups is 3. The summed E-state index contributed by atoms with van der Waals surface area (Å²) in [6.45, 7) is 0.0321. The average Bonchev–Trinajstić information content (AvgIpc) is 3.98. The average molecular weight is 770 g/mol. The molecule has 2 amide bonds. The summed E-state index contributed by atoms with van der Waals surface area (Å²) in [5.41, 5.74) is -0.859. The topological polar surface area (TPSA) is 135 Å². The van der Waals surface area contributed by atoms with Crippen LogP contribution in [0.15, 0.2) is 120 Å². The zero-order valence-electron chi connectivity index (χ0n) is 27.5. The number of allylic oxidation sites excluding steroid dienone is 2. The van der Waals surface area contributed by atoms with Crippen LogP contribution in [-0.2, 0) is 25.2 Å². The van der Waals surface area contributed by atoms with E-state index in [0.29, 0.717) is 60.9 Å². The van der Waals surface area contributed by atoms with Crippen LogP contribution >= 0.6 is 15.9 Å². The number of ether oxygens (including phenoxy) is 4. The molecule has 0 radical (unpaired) electrons. The highest BCUT2D eigenvalue weighted by molar-refractivity contribution is 9.10. The smallest absolute Gasteiger partial charge is 0.294 e. The van der Waals surface area contributed by atoms with Crippen LogP contribution in [-0.4, -0.2) is 36.1 Å². The number of benzene rings is 5. The fraction of sp³-hybridized carbons (Fsp3) is 0.146. The number of hydrogen-bond acceptors (Lipinski definition) is 9. The summed E-state index contributed by atoms with van der Waals surface area (Å²) in [5, 5.41) is 12.4. The quantitative estimate of drug-likeness (QED) is 0.102. The Hall–Kier alpha value is -6.27. The first-order valence-corrected chi connectivity index (χ1v) is 17.6. The van der Waals surface area contributed by atoms with E-state index < -0.39 is 45.1 Å². The molecular weight excluding hydrogens is 744 g/mol. The number of imide groups is 1. The predicted molar refractivity (Wildman–Crippen MR) is 193 cm³/mol. The zero-order chi connectivity index (χ0) is 36.2. The highest BCUT2D eigenvalue weighted by Gasteiger charge is 2.83. The monoisotopic (exact) mass is 768 g/mol. The molecule has 5 aliphatic rings. The van der Waals surface area contributed by atoms with Gasteiger partial charge in [-0.25, -0.2) is 4.90 Å². The van der Waals surface area contributed by atoms with Gasteiger partial charge in [0.15, 0.2) is 28.8 Å². The van der Waals surface area contributed by atoms with E-state index in [1.54, 1.807) is 78.9 Å². The highest BCUT2D eigenvalue weighted by atomic mass is 79.9. The molecular formula is C41H25BrN2O9. The summed E-state index contributed by atoms with van der Waals surface area (Å²) in [6.07, 6.45) is 0. The molecule has 2 bridgehead atoms. The molecule has 11 nitrogen and oxygen atoms in total. The zero-order valence-corrected chi connectivity index (χ0v) is 29.1. The fourth-order valence-corrected chi connectivity index (χ4v) is 9.65. The minimum absolute atomic E-state index is 0.0161. The van der Waals surface area contributed by atoms with Gasteiger partial charge in [0.05, 0.1) is 27.6 Å². The number of Topliss-reactive ketones (excluding diaryl/α,β-unsaturated/α-hetero) is 1. The number of rotatable bonds is 6. The number of nitro groups is 1. The first kappa shape index (κ1) is 31.5. The molecule has 2 aliphatic carbocycles. The molecule has 0 spiro atoms. The number of ketones is 1. The van der Waals surface area contributed by atoms with Gasteiger partial charge in [-0.05, 0) is 69.8 Å². The van der Waals surface area contributed by atoms with Crippen LogP contribution < -0.4 is 23.8 Å². The van der Waals surface area contributed by atoms with Gasteiger partial charge in [-0.2, -0.15) is 0 Å². The number of anilines is 1. The minimum atomic E-state index is -1.74. The molecule has 2 fully saturated rings. The van der Waals surface area contributed by atoms with E-state index in [1.165, 1.54) is 12.1 Å². The second-order valence-corrected chi connectivity index (χ2v) is 14.3. The number of halogens is 1. The summed E-state index contributed by atoms with van der Waals surface area (Å²) < 4.78 is 23.4. The summed E-state index contributed by atoms with van der Waals surface area (Å²) in [5.74, 6) is -2.35. The predicted octanol–water partition coefficient (Wildman–Crippen LogP) is 7.00. The highest BCUT2D eigenvalue weighted by Crippen LogP contribution is 2.75. The van der Waals surface area contributed by atoms with E-state index in [4.69, 9.17) is 18.9 Å². The number of fused-ring (bicyclic) bond motifs is 7. The van der Waals surface area contributed by atoms with E-state index in [1.807, 2.05) is 24.3 Å². The second kappa shape index (κ2) is 11.1. The van der Waals surface area contributed by atoms with E-state index in [-0.39, 0.29) is 25.1 Å². The van der Waals surface area contributed by atoms with Gasteiger partial charge in [0.25, 0.3) is 5.69 Å². The normalized spacial score (nSPS) is 24.7. The number of carbonyl (C=O) groups excluding carboxylic acids is 3. The van der Waals surface area contributed by atoms with Crippen molar-refractivity contribution in [3.63, 3.8) is 0 Å². The Bertz CT molecular complexity index is 2370. The molecule has 260 valence electrons. The molecule has 1 saturated carbocycles. The van der Waals surface area contributed by atoms with Crippen molar-refractivity contribution in [2.75, 3.05) is 18.5 Å². The van der Waals surface area contributed by atoms with Crippen molar-refractivity contribution in [3.8, 4) is 23.0 Å². The number of nitro benzene ring substituents is 1. The third-order valence-electron chi connectivity index (χ3n) is 11.2. The van der Waals surface area contributed by atoms with Gasteiger partial charge in [0, 0.05) is 10.5 Å². The van der Waals surface area contributed by atoms with Crippen molar-refractivity contribution in [1.29, 1.82) is 0 Å². The van der Waals surface area contributed by atoms with Crippen molar-refractivity contribution in [3.05, 3.63) is 152 Å². The summed E-state index contributed by atoms with van der Waals surface area (Å²) in [4.78, 5) is 59.6. The van der Waals surface area contributed by atoms with Gasteiger partial charge < -0.3 is 18.9 Å². The molecule has 3 aliphatic heterocycles. The van der Waals surface area contributed by atoms with Gasteiger partial charge in [-0.1, -0.05) is 88.7 Å². The van der Waals surface area contributed by atoms with Crippen LogP contribution in [0.3, 0.4) is 0 Å². The van der Waals surface area contributed by atoms with E-state index >= 15 is 14.4 Å². The lowest BCUT2D eigenvalue weighted by Gasteiger charge is -2.39. The van der Waals surface area contributed by atoms with Gasteiger partial charge >= 0.3 is 0 Å². The lowest BCUT2D eigenvalue weighted by Crippen LogP contribution is -2.45. The van der Waals surface area contributed by atoms with Crippen LogP contribution in [0.4, 0.5) is 11.4 Å². The lowest BCUT2D eigenvalue weighted by molar-refractivity contribution is -0.384. The molecule has 10 rings (SSSR count). The molecule has 5 aromatic rings. The second-order valence-electron chi connectivity index (χ2n) is 13.4. The van der Waals surface area contributed by atoms with Crippen molar-refractivity contribution >= 4 is 56.0 Å². The SMILES string of the molecule is O=C1[C@H]2[C@H](C(=O)N1c1ccc(Br)cc1[N+](=O)[O-])[C@@]1(c3ccccc3)C(=O)[C@@]2(c2ccccc2)C(c2ccc3c(c2)OCO3)=C1c1ccc2c(c1)OCO2. The molecule has 53 heavy (non-hydrogen) atoms. The summed E-state index contributed by atoms with van der Waals surface area (Å²) in [6, 6.07) is 33.0. The molecule has 1 saturated heterocycles. The van der Waals surface area contributed by atoms with E-state index in [0.717, 1.165) is 4.90 Å². The van der Waals surface area contributed by atoms with Crippen molar-refractivity contribution < 1.29 is 38.3 Å². The first-order chi connectivity index (χ1) is 25.8. The lowest BCUT2D eigenvalue weighted by atomic mass is 9.59. The van der Waals surface area contributed by atoms with Crippen LogP contribution in [0.1, 0.15) is 22.3 Å². The Kier molecular flexibility index (Phi) is 6.60. The fourth-order valence-electron chi connectivity index (χ4n) is 9.30. The van der Waals surface area contributed by atoms with Crippen LogP contribution in [0.5, 0.6) is 23.0 Å². The van der Waals surface area contributed by atoms with Gasteiger partial charge in [-0.3, -0.25) is 24.5 Å². The molecule has 0 N–H and O–H groups in total. The number of amides is 2. The van der Waals surface area contributed by atoms with Crippen molar-refractivity contribution in [2.45, 2.75) is 10.8 Å². The van der Waals surface area contributed by atoms with Gasteiger partial charge in [0.2, 0.25) is 25.4 Å². The van der Waals surface area contributed by atoms with Crippen LogP contribution in [0, 0.1) is 22.0 Å². The third-order valence-corrected chi connectivity index (χ3v) is 11.6. The molecule has 4 atom stereocenters. The minimum Gasteiger partial charge on any atom is -0.454 e. The van der Waals surface area contributed by atoms with Crippen LogP contribution in [0.2, 0.25) is 0 Å². The Balaban J connectivity index is 1.36. The first-order valence-electron chi connectivity index (χ1n) is 16.8. The Morgan fingerprint density at radius 2 is 1.09 bits per heavy atom. The van der Waals surface area contributed by atoms with Crippen molar-refractivity contribution in [1.82, 2.24) is 0 Å². The Labute approximate surface area is 309 Å². The van der Waals surface area contributed by atoms with E-state index in [9.17, 15) is 10.1 Å². The van der Waals surface area contributed by atoms with Crippen LogP contribution in [0.25, 0.3) is 11.1 Å². The molecule has 0 aromatic heterocycles. The molecule has 3 heterocycles. The molecule has 5 aromatic carbocycles. The largest absolute Gasteiger partial charge is 0.454 e. The Morgan fingerprint density at radius 1 is 0.623 bits per heavy atom. The third kappa shape index (κ3) is 3.95. The van der Waals surface area contributed by atoms with Crippen molar-refractivity contribution in [2.24, 2.45) is 11.8 Å². The molecule has 12 heteroatoms. The Morgan fingerprint density at radius 3 is 1.57 bits per heavy atom. The maximum atomic E-state index is 16.2. The standard InChI is InChI=1S/C41H25BrN2O9/c42-26-13-14-27(28(19-26)44(48)49)43-37(45)35-36(38(43)46)41(25-9-5-2-6-10-25)34(23-12-16-30-32(18-23)53-21-51-30)33(22-11-15-29-31(17-22)52-20-50-29)40(35,39(41)47)24-7-3-1-4-8-24/h1-19,35-36H,20-21H2/t35-,36-,40+,41+/m1/s1.